The molecule has 2 rings (SSSR count). The second-order valence-corrected chi connectivity index (χ2v) is 5.25. The normalized spacial score (nSPS) is 15.2. The average Bonchev–Trinajstić information content (AvgIpc) is 2.44. The van der Waals surface area contributed by atoms with Crippen molar-refractivity contribution in [2.24, 2.45) is 0 Å². The van der Waals surface area contributed by atoms with Gasteiger partial charge >= 0.3 is 5.69 Å². The van der Waals surface area contributed by atoms with Crippen molar-refractivity contribution in [1.82, 2.24) is 9.55 Å². The molecule has 0 saturated heterocycles. The molecule has 1 aliphatic rings. The van der Waals surface area contributed by atoms with Gasteiger partial charge in [0.15, 0.2) is 0 Å². The maximum atomic E-state index is 12.8. The Hall–Kier alpha value is -2.04. The summed E-state index contributed by atoms with van der Waals surface area (Å²) in [5.74, 6) is 0.657. The van der Waals surface area contributed by atoms with Crippen molar-refractivity contribution >= 4 is 5.57 Å². The second kappa shape index (κ2) is 6.16. The molecule has 0 bridgehead atoms. The summed E-state index contributed by atoms with van der Waals surface area (Å²) in [7, 11) is 0. The Morgan fingerprint density at radius 3 is 2.62 bits per heavy atom. The monoisotopic (exact) mass is 290 g/mol. The van der Waals surface area contributed by atoms with E-state index in [0.29, 0.717) is 17.7 Å². The average molecular weight is 290 g/mol. The number of fused-ring (bicyclic) bond motifs is 1. The van der Waals surface area contributed by atoms with E-state index in [-0.39, 0.29) is 17.5 Å². The van der Waals surface area contributed by atoms with Crippen LogP contribution in [0.2, 0.25) is 0 Å². The summed E-state index contributed by atoms with van der Waals surface area (Å²) in [6, 6.07) is -0.0835. The van der Waals surface area contributed by atoms with E-state index in [2.05, 4.69) is 11.6 Å². The van der Waals surface area contributed by atoms with E-state index in [9.17, 15) is 9.59 Å². The van der Waals surface area contributed by atoms with Crippen LogP contribution in [0.5, 0.6) is 5.88 Å². The number of nitrogens with one attached hydrogen (secondary N) is 1. The minimum Gasteiger partial charge on any atom is -0.441 e. The van der Waals surface area contributed by atoms with E-state index in [0.717, 1.165) is 24.8 Å². The summed E-state index contributed by atoms with van der Waals surface area (Å²) >= 11 is 0. The van der Waals surface area contributed by atoms with Gasteiger partial charge in [0.2, 0.25) is 5.88 Å². The van der Waals surface area contributed by atoms with E-state index in [1.54, 1.807) is 6.08 Å². The standard InChI is InChI=1S/C16H22N2O3/c1-5-8-12(7-3)18-15(19)13-11(6-2)9-10(4)21-14(13)17-16(18)20/h9,12H,4-8H2,1-3H3,(H,17,20). The predicted octanol–water partition coefficient (Wildman–Crippen LogP) is 2.99. The number of aromatic nitrogens is 2. The van der Waals surface area contributed by atoms with Crippen LogP contribution in [0.15, 0.2) is 28.0 Å². The van der Waals surface area contributed by atoms with Crippen molar-refractivity contribution in [3.05, 3.63) is 44.8 Å². The number of H-pyrrole nitrogens is 1. The third kappa shape index (κ3) is 2.73. The summed E-state index contributed by atoms with van der Waals surface area (Å²) in [6.07, 6.45) is 4.91. The molecule has 2 heterocycles. The lowest BCUT2D eigenvalue weighted by Crippen LogP contribution is -2.40. The Labute approximate surface area is 124 Å². The Morgan fingerprint density at radius 2 is 2.05 bits per heavy atom. The molecule has 1 aromatic rings. The number of nitrogens with zero attached hydrogens (tertiary/aromatic N) is 1. The summed E-state index contributed by atoms with van der Waals surface area (Å²) < 4.78 is 6.75. The van der Waals surface area contributed by atoms with Gasteiger partial charge in [0.1, 0.15) is 11.3 Å². The van der Waals surface area contributed by atoms with Gasteiger partial charge in [0, 0.05) is 6.04 Å². The van der Waals surface area contributed by atoms with E-state index in [1.807, 2.05) is 20.8 Å². The van der Waals surface area contributed by atoms with Crippen molar-refractivity contribution in [3.63, 3.8) is 0 Å². The van der Waals surface area contributed by atoms with Crippen molar-refractivity contribution in [3.8, 4) is 5.88 Å². The molecule has 0 aliphatic carbocycles. The maximum Gasteiger partial charge on any atom is 0.331 e. The topological polar surface area (TPSA) is 64.1 Å². The zero-order chi connectivity index (χ0) is 15.6. The van der Waals surface area contributed by atoms with Gasteiger partial charge in [-0.25, -0.2) is 4.79 Å². The van der Waals surface area contributed by atoms with Crippen molar-refractivity contribution in [1.29, 1.82) is 0 Å². The molecule has 0 fully saturated rings. The summed E-state index contributed by atoms with van der Waals surface area (Å²) in [5.41, 5.74) is 0.625. The summed E-state index contributed by atoms with van der Waals surface area (Å²) in [4.78, 5) is 27.7. The van der Waals surface area contributed by atoms with Gasteiger partial charge < -0.3 is 4.74 Å². The van der Waals surface area contributed by atoms with Crippen molar-refractivity contribution < 1.29 is 4.74 Å². The lowest BCUT2D eigenvalue weighted by molar-refractivity contribution is 0.386. The first kappa shape index (κ1) is 15.4. The first-order valence-corrected chi connectivity index (χ1v) is 7.49. The van der Waals surface area contributed by atoms with Gasteiger partial charge in [-0.15, -0.1) is 0 Å². The Morgan fingerprint density at radius 1 is 1.33 bits per heavy atom. The van der Waals surface area contributed by atoms with Crippen LogP contribution in [0, 0.1) is 0 Å². The van der Waals surface area contributed by atoms with Crippen LogP contribution in [0.4, 0.5) is 0 Å². The second-order valence-electron chi connectivity index (χ2n) is 5.25. The molecule has 0 radical (unpaired) electrons. The minimum absolute atomic E-state index is 0.0835. The van der Waals surface area contributed by atoms with Crippen LogP contribution < -0.4 is 16.0 Å². The Balaban J connectivity index is 2.69. The fraction of sp³-hybridized carbons (Fsp3) is 0.500. The highest BCUT2D eigenvalue weighted by molar-refractivity contribution is 5.72. The number of rotatable bonds is 5. The third-order valence-electron chi connectivity index (χ3n) is 3.83. The van der Waals surface area contributed by atoms with Crippen LogP contribution in [0.3, 0.4) is 0 Å². The summed E-state index contributed by atoms with van der Waals surface area (Å²) in [5, 5.41) is 0. The molecule has 0 amide bonds. The molecule has 1 atom stereocenters. The fourth-order valence-electron chi connectivity index (χ4n) is 2.78. The van der Waals surface area contributed by atoms with Gasteiger partial charge in [-0.3, -0.25) is 14.3 Å². The third-order valence-corrected chi connectivity index (χ3v) is 3.83. The number of aromatic amines is 1. The number of hydrogen-bond donors (Lipinski definition) is 1. The molecule has 1 aromatic heterocycles. The van der Waals surface area contributed by atoms with Crippen LogP contribution in [-0.2, 0) is 0 Å². The van der Waals surface area contributed by atoms with Gasteiger partial charge in [0.25, 0.3) is 5.56 Å². The molecule has 1 unspecified atom stereocenters. The van der Waals surface area contributed by atoms with Crippen LogP contribution in [0.25, 0.3) is 5.57 Å². The molecule has 5 nitrogen and oxygen atoms in total. The molecule has 1 N–H and O–H groups in total. The number of hydrogen-bond acceptors (Lipinski definition) is 3. The Kier molecular flexibility index (Phi) is 4.50. The predicted molar refractivity (Wildman–Crippen MR) is 83.6 cm³/mol. The zero-order valence-corrected chi connectivity index (χ0v) is 12.9. The van der Waals surface area contributed by atoms with Crippen LogP contribution in [-0.4, -0.2) is 9.55 Å². The largest absolute Gasteiger partial charge is 0.441 e. The van der Waals surface area contributed by atoms with Gasteiger partial charge in [0.05, 0.1) is 0 Å². The van der Waals surface area contributed by atoms with Crippen molar-refractivity contribution in [2.75, 3.05) is 0 Å². The fourth-order valence-corrected chi connectivity index (χ4v) is 2.78. The molecular weight excluding hydrogens is 268 g/mol. The molecular formula is C16H22N2O3. The van der Waals surface area contributed by atoms with E-state index in [1.165, 1.54) is 4.57 Å². The highest BCUT2D eigenvalue weighted by Gasteiger charge is 2.24. The van der Waals surface area contributed by atoms with E-state index in [4.69, 9.17) is 4.74 Å². The first-order chi connectivity index (χ1) is 10.0. The van der Waals surface area contributed by atoms with Crippen LogP contribution >= 0.6 is 0 Å². The van der Waals surface area contributed by atoms with Crippen LogP contribution in [0.1, 0.15) is 58.1 Å². The lowest BCUT2D eigenvalue weighted by atomic mass is 10.0. The molecule has 0 spiro atoms. The lowest BCUT2D eigenvalue weighted by Gasteiger charge is -2.22. The molecule has 114 valence electrons. The Bertz CT molecular complexity index is 694. The molecule has 0 saturated carbocycles. The molecule has 5 heteroatoms. The SMILES string of the molecule is C=C1C=C(CC)c2c([nH]c(=O)n(C(CC)CCC)c2=O)O1. The van der Waals surface area contributed by atoms with Crippen molar-refractivity contribution in [2.45, 2.75) is 52.5 Å². The number of allylic oxidation sites excluding steroid dienone is 2. The molecule has 21 heavy (non-hydrogen) atoms. The number of ether oxygens (including phenoxy) is 1. The first-order valence-electron chi connectivity index (χ1n) is 7.49. The molecule has 0 aromatic carbocycles. The summed E-state index contributed by atoms with van der Waals surface area (Å²) in [6.45, 7) is 9.74. The van der Waals surface area contributed by atoms with Gasteiger partial charge in [-0.2, -0.15) is 0 Å². The highest BCUT2D eigenvalue weighted by Crippen LogP contribution is 2.29. The molecule has 1 aliphatic heterocycles. The van der Waals surface area contributed by atoms with Gasteiger partial charge in [-0.1, -0.05) is 33.8 Å². The van der Waals surface area contributed by atoms with Gasteiger partial charge in [-0.05, 0) is 30.9 Å². The smallest absolute Gasteiger partial charge is 0.331 e. The zero-order valence-electron chi connectivity index (χ0n) is 12.9. The van der Waals surface area contributed by atoms with E-state index >= 15 is 0 Å². The maximum absolute atomic E-state index is 12.8. The minimum atomic E-state index is -0.413. The van der Waals surface area contributed by atoms with E-state index < -0.39 is 5.69 Å². The quantitative estimate of drug-likeness (QED) is 0.906. The highest BCUT2D eigenvalue weighted by atomic mass is 16.5.